The van der Waals surface area contributed by atoms with Crippen LogP contribution < -0.4 is 10.6 Å². The third kappa shape index (κ3) is 4.36. The van der Waals surface area contributed by atoms with E-state index in [0.29, 0.717) is 6.54 Å². The molecule has 1 amide bonds. The summed E-state index contributed by atoms with van der Waals surface area (Å²) < 4.78 is 26.2. The highest BCUT2D eigenvalue weighted by molar-refractivity contribution is 5.94. The van der Waals surface area contributed by atoms with Gasteiger partial charge in [0, 0.05) is 6.54 Å². The average Bonchev–Trinajstić information content (AvgIpc) is 2.48. The molecular formula is C16H16F2N2O. The van der Waals surface area contributed by atoms with E-state index in [1.807, 2.05) is 0 Å². The third-order valence-electron chi connectivity index (χ3n) is 3.05. The first kappa shape index (κ1) is 15.1. The Morgan fingerprint density at radius 1 is 1.10 bits per heavy atom. The predicted octanol–water partition coefficient (Wildman–Crippen LogP) is 3.08. The summed E-state index contributed by atoms with van der Waals surface area (Å²) in [7, 11) is 0. The molecule has 0 aliphatic heterocycles. The Morgan fingerprint density at radius 2 is 1.76 bits per heavy atom. The molecule has 0 saturated carbocycles. The first-order valence-corrected chi connectivity index (χ1v) is 6.59. The fourth-order valence-electron chi connectivity index (χ4n) is 1.77. The lowest BCUT2D eigenvalue weighted by atomic mass is 10.2. The number of carbonyl (C=O) groups is 1. The van der Waals surface area contributed by atoms with Crippen LogP contribution in [0.1, 0.15) is 12.5 Å². The van der Waals surface area contributed by atoms with Crippen LogP contribution in [-0.2, 0) is 11.3 Å². The zero-order chi connectivity index (χ0) is 15.2. The van der Waals surface area contributed by atoms with Crippen LogP contribution in [0.2, 0.25) is 0 Å². The molecule has 21 heavy (non-hydrogen) atoms. The van der Waals surface area contributed by atoms with Crippen molar-refractivity contribution in [3.05, 3.63) is 65.7 Å². The van der Waals surface area contributed by atoms with Crippen LogP contribution >= 0.6 is 0 Å². The fraction of sp³-hybridized carbons (Fsp3) is 0.188. The van der Waals surface area contributed by atoms with Crippen molar-refractivity contribution >= 4 is 11.6 Å². The van der Waals surface area contributed by atoms with Gasteiger partial charge in [0.2, 0.25) is 5.91 Å². The fourth-order valence-corrected chi connectivity index (χ4v) is 1.77. The van der Waals surface area contributed by atoms with Crippen molar-refractivity contribution in [1.29, 1.82) is 0 Å². The van der Waals surface area contributed by atoms with Crippen LogP contribution in [0.4, 0.5) is 14.5 Å². The summed E-state index contributed by atoms with van der Waals surface area (Å²) in [4.78, 5) is 11.9. The molecule has 0 aliphatic carbocycles. The number of benzene rings is 2. The molecule has 2 aromatic rings. The molecule has 0 aliphatic rings. The maximum Gasteiger partial charge on any atom is 0.241 e. The highest BCUT2D eigenvalue weighted by atomic mass is 19.1. The van der Waals surface area contributed by atoms with Crippen LogP contribution in [0.15, 0.2) is 48.5 Å². The number of rotatable bonds is 5. The van der Waals surface area contributed by atoms with Gasteiger partial charge in [-0.1, -0.05) is 24.3 Å². The molecule has 0 heterocycles. The summed E-state index contributed by atoms with van der Waals surface area (Å²) in [6.45, 7) is 2.10. The average molecular weight is 290 g/mol. The molecule has 1 atom stereocenters. The minimum absolute atomic E-state index is 0.151. The van der Waals surface area contributed by atoms with E-state index >= 15 is 0 Å². The van der Waals surface area contributed by atoms with Crippen molar-refractivity contribution in [3.63, 3.8) is 0 Å². The molecule has 3 nitrogen and oxygen atoms in total. The number of amides is 1. The van der Waals surface area contributed by atoms with E-state index in [-0.39, 0.29) is 17.4 Å². The molecule has 0 fully saturated rings. The number of halogens is 2. The first-order valence-electron chi connectivity index (χ1n) is 6.59. The van der Waals surface area contributed by atoms with Crippen molar-refractivity contribution in [2.75, 3.05) is 5.32 Å². The number of carbonyl (C=O) groups excluding carboxylic acids is 1. The molecule has 5 heteroatoms. The molecule has 0 saturated heterocycles. The number of nitrogens with one attached hydrogen (secondary N) is 2. The Labute approximate surface area is 122 Å². The minimum atomic E-state index is -0.505. The van der Waals surface area contributed by atoms with Gasteiger partial charge in [-0.3, -0.25) is 4.79 Å². The van der Waals surface area contributed by atoms with E-state index in [4.69, 9.17) is 0 Å². The normalized spacial score (nSPS) is 12.0. The highest BCUT2D eigenvalue weighted by Crippen LogP contribution is 2.12. The Bertz CT molecular complexity index is 614. The molecule has 2 rings (SSSR count). The lowest BCUT2D eigenvalue weighted by molar-refractivity contribution is -0.117. The molecule has 0 spiro atoms. The van der Waals surface area contributed by atoms with Crippen LogP contribution in [-0.4, -0.2) is 11.9 Å². The Balaban J connectivity index is 1.88. The second-order valence-corrected chi connectivity index (χ2v) is 4.70. The van der Waals surface area contributed by atoms with Crippen molar-refractivity contribution < 1.29 is 13.6 Å². The number of anilines is 1. The SMILES string of the molecule is CC(NCc1ccc(F)cc1)C(=O)Nc1ccccc1F. The molecule has 2 aromatic carbocycles. The standard InChI is InChI=1S/C16H16F2N2O/c1-11(19-10-12-6-8-13(17)9-7-12)16(21)20-15-5-3-2-4-14(15)18/h2-9,11,19H,10H2,1H3,(H,20,21). The van der Waals surface area contributed by atoms with E-state index < -0.39 is 11.9 Å². The van der Waals surface area contributed by atoms with Crippen molar-refractivity contribution in [3.8, 4) is 0 Å². The first-order chi connectivity index (χ1) is 10.1. The number of hydrogen-bond donors (Lipinski definition) is 2. The smallest absolute Gasteiger partial charge is 0.241 e. The summed E-state index contributed by atoms with van der Waals surface area (Å²) >= 11 is 0. The van der Waals surface area contributed by atoms with Gasteiger partial charge in [0.15, 0.2) is 0 Å². The number of hydrogen-bond acceptors (Lipinski definition) is 2. The van der Waals surface area contributed by atoms with Gasteiger partial charge in [-0.05, 0) is 36.8 Å². The third-order valence-corrected chi connectivity index (χ3v) is 3.05. The summed E-state index contributed by atoms with van der Waals surface area (Å²) in [6, 6.07) is 11.5. The van der Waals surface area contributed by atoms with E-state index in [9.17, 15) is 13.6 Å². The molecular weight excluding hydrogens is 274 g/mol. The molecule has 2 N–H and O–H groups in total. The van der Waals surface area contributed by atoms with E-state index in [1.54, 1.807) is 31.2 Å². The lowest BCUT2D eigenvalue weighted by Crippen LogP contribution is -2.37. The van der Waals surface area contributed by atoms with Crippen LogP contribution in [0.3, 0.4) is 0 Å². The van der Waals surface area contributed by atoms with Crippen LogP contribution in [0.25, 0.3) is 0 Å². The van der Waals surface area contributed by atoms with E-state index in [0.717, 1.165) is 5.56 Å². The highest BCUT2D eigenvalue weighted by Gasteiger charge is 2.13. The van der Waals surface area contributed by atoms with E-state index in [2.05, 4.69) is 10.6 Å². The second-order valence-electron chi connectivity index (χ2n) is 4.70. The maximum atomic E-state index is 13.4. The largest absolute Gasteiger partial charge is 0.322 e. The van der Waals surface area contributed by atoms with Gasteiger partial charge in [-0.2, -0.15) is 0 Å². The summed E-state index contributed by atoms with van der Waals surface area (Å²) in [5.74, 6) is -1.11. The lowest BCUT2D eigenvalue weighted by Gasteiger charge is -2.14. The molecule has 1 unspecified atom stereocenters. The molecule has 0 aromatic heterocycles. The molecule has 0 bridgehead atoms. The topological polar surface area (TPSA) is 41.1 Å². The second kappa shape index (κ2) is 6.95. The van der Waals surface area contributed by atoms with Crippen LogP contribution in [0.5, 0.6) is 0 Å². The Hall–Kier alpha value is -2.27. The van der Waals surface area contributed by atoms with Crippen molar-refractivity contribution in [2.24, 2.45) is 0 Å². The predicted molar refractivity (Wildman–Crippen MR) is 77.7 cm³/mol. The van der Waals surface area contributed by atoms with Gasteiger partial charge in [-0.25, -0.2) is 8.78 Å². The Kier molecular flexibility index (Phi) is 5.00. The minimum Gasteiger partial charge on any atom is -0.322 e. The zero-order valence-electron chi connectivity index (χ0n) is 11.6. The van der Waals surface area contributed by atoms with Gasteiger partial charge >= 0.3 is 0 Å². The van der Waals surface area contributed by atoms with Gasteiger partial charge < -0.3 is 10.6 Å². The molecule has 0 radical (unpaired) electrons. The monoisotopic (exact) mass is 290 g/mol. The van der Waals surface area contributed by atoms with Crippen molar-refractivity contribution in [2.45, 2.75) is 19.5 Å². The molecule has 110 valence electrons. The van der Waals surface area contributed by atoms with Crippen molar-refractivity contribution in [1.82, 2.24) is 5.32 Å². The Morgan fingerprint density at radius 3 is 2.43 bits per heavy atom. The van der Waals surface area contributed by atoms with Crippen LogP contribution in [0, 0.1) is 11.6 Å². The summed E-state index contributed by atoms with van der Waals surface area (Å²) in [6.07, 6.45) is 0. The zero-order valence-corrected chi connectivity index (χ0v) is 11.6. The van der Waals surface area contributed by atoms with Gasteiger partial charge in [-0.15, -0.1) is 0 Å². The quantitative estimate of drug-likeness (QED) is 0.888. The van der Waals surface area contributed by atoms with Gasteiger partial charge in [0.1, 0.15) is 11.6 Å². The number of para-hydroxylation sites is 1. The van der Waals surface area contributed by atoms with Gasteiger partial charge in [0.25, 0.3) is 0 Å². The summed E-state index contributed by atoms with van der Waals surface area (Å²) in [5, 5.41) is 5.52. The summed E-state index contributed by atoms with van der Waals surface area (Å²) in [5.41, 5.74) is 1.01. The van der Waals surface area contributed by atoms with Gasteiger partial charge in [0.05, 0.1) is 11.7 Å². The maximum absolute atomic E-state index is 13.4. The van der Waals surface area contributed by atoms with E-state index in [1.165, 1.54) is 24.3 Å².